The highest BCUT2D eigenvalue weighted by molar-refractivity contribution is 6.31. The van der Waals surface area contributed by atoms with Gasteiger partial charge < -0.3 is 4.74 Å². The zero-order valence-corrected chi connectivity index (χ0v) is 15.1. The van der Waals surface area contributed by atoms with E-state index in [0.29, 0.717) is 11.4 Å². The number of carbonyl (C=O) groups excluding carboxylic acids is 2. The molecule has 1 unspecified atom stereocenters. The molecule has 0 radical (unpaired) electrons. The van der Waals surface area contributed by atoms with Gasteiger partial charge in [0.25, 0.3) is 5.79 Å². The van der Waals surface area contributed by atoms with Gasteiger partial charge in [-0.2, -0.15) is 4.89 Å². The van der Waals surface area contributed by atoms with E-state index >= 15 is 0 Å². The number of benzene rings is 2. The maximum absolute atomic E-state index is 12.8. The summed E-state index contributed by atoms with van der Waals surface area (Å²) in [4.78, 5) is 30.0. The van der Waals surface area contributed by atoms with Gasteiger partial charge in [-0.1, -0.05) is 55.6 Å². The van der Waals surface area contributed by atoms with E-state index in [1.807, 2.05) is 6.92 Å². The van der Waals surface area contributed by atoms with Gasteiger partial charge in [0, 0.05) is 33.7 Å². The van der Waals surface area contributed by atoms with Gasteiger partial charge in [0.15, 0.2) is 5.78 Å². The first-order valence-electron chi connectivity index (χ1n) is 8.52. The number of ether oxygens (including phenoxy) is 1. The van der Waals surface area contributed by atoms with Crippen molar-refractivity contribution < 1.29 is 24.5 Å². The first kappa shape index (κ1) is 18.6. The molecule has 136 valence electrons. The molecule has 3 rings (SSSR count). The predicted octanol–water partition coefficient (Wildman–Crippen LogP) is 4.70. The Hall–Kier alpha value is -2.21. The molecule has 1 aliphatic rings. The van der Waals surface area contributed by atoms with Crippen LogP contribution in [-0.2, 0) is 20.2 Å². The number of esters is 1. The molecule has 0 spiro atoms. The average Bonchev–Trinajstić information content (AvgIpc) is 2.65. The minimum absolute atomic E-state index is 0.192. The van der Waals surface area contributed by atoms with Crippen LogP contribution in [0.1, 0.15) is 59.7 Å². The second-order valence-corrected chi connectivity index (χ2v) is 6.64. The number of hydrogen-bond acceptors (Lipinski definition) is 5. The summed E-state index contributed by atoms with van der Waals surface area (Å²) in [5.74, 6) is -2.68. The van der Waals surface area contributed by atoms with Gasteiger partial charge in [0.2, 0.25) is 0 Å². The van der Waals surface area contributed by atoms with Gasteiger partial charge in [0.1, 0.15) is 0 Å². The Morgan fingerprint density at radius 1 is 1.12 bits per heavy atom. The molecule has 0 fully saturated rings. The lowest BCUT2D eigenvalue weighted by atomic mass is 9.80. The Labute approximate surface area is 156 Å². The molecular formula is C20H19ClO5. The number of ketones is 1. The first-order chi connectivity index (χ1) is 12.5. The third kappa shape index (κ3) is 3.14. The third-order valence-electron chi connectivity index (χ3n) is 4.48. The van der Waals surface area contributed by atoms with Crippen molar-refractivity contribution in [3.05, 3.63) is 69.7 Å². The standard InChI is InChI=1S/C20H19ClO5/c1-2-3-4-9-18(22)25-20(26-24)16-8-6-5-7-14(16)19(23)15-12-13(21)10-11-17(15)20/h5-8,10-12,24H,2-4,9H2,1H3. The van der Waals surface area contributed by atoms with Crippen LogP contribution in [0.25, 0.3) is 0 Å². The highest BCUT2D eigenvalue weighted by atomic mass is 35.5. The van der Waals surface area contributed by atoms with E-state index in [-0.39, 0.29) is 34.5 Å². The Balaban J connectivity index is 2.10. The fourth-order valence-electron chi connectivity index (χ4n) is 3.21. The molecule has 6 heteroatoms. The molecule has 1 atom stereocenters. The summed E-state index contributed by atoms with van der Waals surface area (Å²) in [7, 11) is 0. The topological polar surface area (TPSA) is 72.8 Å². The van der Waals surface area contributed by atoms with E-state index in [2.05, 4.69) is 0 Å². The zero-order valence-electron chi connectivity index (χ0n) is 14.3. The Kier molecular flexibility index (Phi) is 5.41. The van der Waals surface area contributed by atoms with Gasteiger partial charge in [-0.25, -0.2) is 5.26 Å². The highest BCUT2D eigenvalue weighted by Gasteiger charge is 2.49. The second-order valence-electron chi connectivity index (χ2n) is 6.20. The van der Waals surface area contributed by atoms with Gasteiger partial charge in [-0.15, -0.1) is 0 Å². The van der Waals surface area contributed by atoms with Crippen molar-refractivity contribution in [2.45, 2.75) is 38.4 Å². The van der Waals surface area contributed by atoms with Crippen molar-refractivity contribution in [2.75, 3.05) is 0 Å². The van der Waals surface area contributed by atoms with E-state index in [0.717, 1.165) is 12.8 Å². The minimum Gasteiger partial charge on any atom is -0.421 e. The van der Waals surface area contributed by atoms with Crippen LogP contribution >= 0.6 is 11.6 Å². The number of hydrogen-bond donors (Lipinski definition) is 1. The van der Waals surface area contributed by atoms with Crippen molar-refractivity contribution in [3.8, 4) is 0 Å². The number of unbranched alkanes of at least 4 members (excludes halogenated alkanes) is 2. The van der Waals surface area contributed by atoms with Crippen LogP contribution in [0.5, 0.6) is 0 Å². The summed E-state index contributed by atoms with van der Waals surface area (Å²) in [6.45, 7) is 2.03. The van der Waals surface area contributed by atoms with Crippen LogP contribution < -0.4 is 0 Å². The van der Waals surface area contributed by atoms with Crippen LogP contribution in [0.2, 0.25) is 5.02 Å². The predicted molar refractivity (Wildman–Crippen MR) is 96.1 cm³/mol. The normalized spacial score (nSPS) is 18.2. The van der Waals surface area contributed by atoms with Gasteiger partial charge in [0.05, 0.1) is 0 Å². The fourth-order valence-corrected chi connectivity index (χ4v) is 3.38. The Morgan fingerprint density at radius 3 is 2.58 bits per heavy atom. The molecule has 2 aromatic carbocycles. The molecule has 1 aliphatic carbocycles. The van der Waals surface area contributed by atoms with Crippen molar-refractivity contribution in [3.63, 3.8) is 0 Å². The van der Waals surface area contributed by atoms with Crippen LogP contribution in [0.3, 0.4) is 0 Å². The Bertz CT molecular complexity index is 848. The maximum atomic E-state index is 12.8. The van der Waals surface area contributed by atoms with Gasteiger partial charge >= 0.3 is 5.97 Å². The van der Waals surface area contributed by atoms with Crippen molar-refractivity contribution in [2.24, 2.45) is 0 Å². The minimum atomic E-state index is -1.90. The van der Waals surface area contributed by atoms with Crippen LogP contribution in [0, 0.1) is 0 Å². The number of rotatable bonds is 6. The quantitative estimate of drug-likeness (QED) is 0.261. The fraction of sp³-hybridized carbons (Fsp3) is 0.300. The first-order valence-corrected chi connectivity index (χ1v) is 8.90. The van der Waals surface area contributed by atoms with E-state index in [1.54, 1.807) is 30.3 Å². The van der Waals surface area contributed by atoms with Crippen molar-refractivity contribution in [1.29, 1.82) is 0 Å². The number of halogens is 1. The third-order valence-corrected chi connectivity index (χ3v) is 4.71. The molecule has 0 saturated heterocycles. The molecule has 0 aromatic heterocycles. The molecule has 2 aromatic rings. The summed E-state index contributed by atoms with van der Waals surface area (Å²) >= 11 is 6.03. The van der Waals surface area contributed by atoms with Crippen molar-refractivity contribution in [1.82, 2.24) is 0 Å². The van der Waals surface area contributed by atoms with E-state index < -0.39 is 11.8 Å². The van der Waals surface area contributed by atoms with E-state index in [1.165, 1.54) is 12.1 Å². The molecule has 0 aliphatic heterocycles. The molecule has 0 saturated carbocycles. The average molecular weight is 375 g/mol. The smallest absolute Gasteiger partial charge is 0.308 e. The number of fused-ring (bicyclic) bond motifs is 2. The van der Waals surface area contributed by atoms with Gasteiger partial charge in [-0.3, -0.25) is 9.59 Å². The maximum Gasteiger partial charge on any atom is 0.308 e. The van der Waals surface area contributed by atoms with Crippen LogP contribution in [0.15, 0.2) is 42.5 Å². The molecule has 0 bridgehead atoms. The summed E-state index contributed by atoms with van der Waals surface area (Å²) in [6.07, 6.45) is 2.72. The lowest BCUT2D eigenvalue weighted by molar-refractivity contribution is -0.384. The molecule has 0 amide bonds. The monoisotopic (exact) mass is 374 g/mol. The molecule has 0 heterocycles. The summed E-state index contributed by atoms with van der Waals surface area (Å²) in [6, 6.07) is 11.1. The molecular weight excluding hydrogens is 356 g/mol. The summed E-state index contributed by atoms with van der Waals surface area (Å²) in [5.41, 5.74) is 1.05. The van der Waals surface area contributed by atoms with Crippen LogP contribution in [-0.4, -0.2) is 17.0 Å². The molecule has 26 heavy (non-hydrogen) atoms. The Morgan fingerprint density at radius 2 is 1.85 bits per heavy atom. The highest BCUT2D eigenvalue weighted by Crippen LogP contribution is 2.44. The van der Waals surface area contributed by atoms with Crippen molar-refractivity contribution >= 4 is 23.4 Å². The molecule has 1 N–H and O–H groups in total. The summed E-state index contributed by atoms with van der Waals surface area (Å²) < 4.78 is 5.61. The largest absolute Gasteiger partial charge is 0.421 e. The second kappa shape index (κ2) is 7.58. The molecule has 5 nitrogen and oxygen atoms in total. The zero-order chi connectivity index (χ0) is 18.7. The van der Waals surface area contributed by atoms with Gasteiger partial charge in [-0.05, 0) is 24.6 Å². The van der Waals surface area contributed by atoms with Crippen LogP contribution in [0.4, 0.5) is 0 Å². The summed E-state index contributed by atoms with van der Waals surface area (Å²) in [5, 5.41) is 10.1. The SMILES string of the molecule is CCCCCC(=O)OC1(OO)c2ccccc2C(=O)c2cc(Cl)ccc21. The number of carbonyl (C=O) groups is 2. The van der Waals surface area contributed by atoms with E-state index in [4.69, 9.17) is 21.2 Å². The van der Waals surface area contributed by atoms with E-state index in [9.17, 15) is 14.8 Å². The lowest BCUT2D eigenvalue weighted by Crippen LogP contribution is -2.41. The lowest BCUT2D eigenvalue weighted by Gasteiger charge is -2.36.